The SMILES string of the molecule is CCCNCc1cnc(N2CCCC2)nc1. The van der Waals surface area contributed by atoms with Crippen LogP contribution in [-0.4, -0.2) is 29.6 Å². The second-order valence-corrected chi connectivity index (χ2v) is 4.26. The number of nitrogens with one attached hydrogen (secondary N) is 1. The van der Waals surface area contributed by atoms with Crippen LogP contribution in [0, 0.1) is 0 Å². The van der Waals surface area contributed by atoms with E-state index in [1.54, 1.807) is 0 Å². The maximum atomic E-state index is 4.41. The highest BCUT2D eigenvalue weighted by atomic mass is 15.3. The summed E-state index contributed by atoms with van der Waals surface area (Å²) in [6.45, 7) is 6.29. The van der Waals surface area contributed by atoms with Crippen LogP contribution in [-0.2, 0) is 6.54 Å². The summed E-state index contributed by atoms with van der Waals surface area (Å²) in [5.41, 5.74) is 1.16. The van der Waals surface area contributed by atoms with E-state index < -0.39 is 0 Å². The molecule has 1 aliphatic rings. The lowest BCUT2D eigenvalue weighted by Crippen LogP contribution is -2.21. The molecular formula is C12H20N4. The van der Waals surface area contributed by atoms with E-state index in [0.29, 0.717) is 0 Å². The van der Waals surface area contributed by atoms with Gasteiger partial charge in [0.25, 0.3) is 0 Å². The third-order valence-electron chi connectivity index (χ3n) is 2.84. The average Bonchev–Trinajstić information content (AvgIpc) is 2.84. The Bertz CT molecular complexity index is 303. The maximum Gasteiger partial charge on any atom is 0.225 e. The van der Waals surface area contributed by atoms with Crippen molar-refractivity contribution >= 4 is 5.95 Å². The molecule has 1 fully saturated rings. The summed E-state index contributed by atoms with van der Waals surface area (Å²) in [6.07, 6.45) is 7.56. The Hall–Kier alpha value is -1.16. The Morgan fingerprint density at radius 3 is 2.56 bits per heavy atom. The molecule has 16 heavy (non-hydrogen) atoms. The minimum Gasteiger partial charge on any atom is -0.341 e. The smallest absolute Gasteiger partial charge is 0.225 e. The third kappa shape index (κ3) is 2.92. The lowest BCUT2D eigenvalue weighted by atomic mass is 10.3. The van der Waals surface area contributed by atoms with E-state index in [1.807, 2.05) is 12.4 Å². The van der Waals surface area contributed by atoms with Gasteiger partial charge in [-0.05, 0) is 25.8 Å². The van der Waals surface area contributed by atoms with Crippen molar-refractivity contribution in [3.63, 3.8) is 0 Å². The molecule has 0 amide bonds. The number of hydrogen-bond acceptors (Lipinski definition) is 4. The Balaban J connectivity index is 1.88. The van der Waals surface area contributed by atoms with Gasteiger partial charge in [0.05, 0.1) is 0 Å². The van der Waals surface area contributed by atoms with Crippen LogP contribution in [0.2, 0.25) is 0 Å². The summed E-state index contributed by atoms with van der Waals surface area (Å²) >= 11 is 0. The first kappa shape index (κ1) is 11.3. The molecule has 4 heteroatoms. The highest BCUT2D eigenvalue weighted by Crippen LogP contribution is 2.14. The number of aromatic nitrogens is 2. The van der Waals surface area contributed by atoms with Gasteiger partial charge in [0.2, 0.25) is 5.95 Å². The molecule has 2 heterocycles. The molecule has 0 atom stereocenters. The van der Waals surface area contributed by atoms with Crippen LogP contribution >= 0.6 is 0 Å². The highest BCUT2D eigenvalue weighted by molar-refractivity contribution is 5.30. The molecule has 0 aromatic carbocycles. The minimum atomic E-state index is 0.869. The third-order valence-corrected chi connectivity index (χ3v) is 2.84. The lowest BCUT2D eigenvalue weighted by molar-refractivity contribution is 0.671. The maximum absolute atomic E-state index is 4.41. The average molecular weight is 220 g/mol. The Morgan fingerprint density at radius 2 is 1.94 bits per heavy atom. The van der Waals surface area contributed by atoms with E-state index in [2.05, 4.69) is 27.1 Å². The Morgan fingerprint density at radius 1 is 1.25 bits per heavy atom. The Kier molecular flexibility index (Phi) is 4.10. The van der Waals surface area contributed by atoms with E-state index >= 15 is 0 Å². The van der Waals surface area contributed by atoms with Gasteiger partial charge in [0, 0.05) is 37.6 Å². The zero-order valence-electron chi connectivity index (χ0n) is 9.95. The van der Waals surface area contributed by atoms with Crippen molar-refractivity contribution in [2.75, 3.05) is 24.5 Å². The van der Waals surface area contributed by atoms with Gasteiger partial charge in [-0.2, -0.15) is 0 Å². The van der Waals surface area contributed by atoms with Crippen molar-refractivity contribution in [1.82, 2.24) is 15.3 Å². The lowest BCUT2D eigenvalue weighted by Gasteiger charge is -2.14. The van der Waals surface area contributed by atoms with Gasteiger partial charge in [-0.1, -0.05) is 6.92 Å². The van der Waals surface area contributed by atoms with Gasteiger partial charge in [-0.25, -0.2) is 9.97 Å². The van der Waals surface area contributed by atoms with Gasteiger partial charge < -0.3 is 10.2 Å². The molecular weight excluding hydrogens is 200 g/mol. The van der Waals surface area contributed by atoms with Crippen molar-refractivity contribution in [2.45, 2.75) is 32.7 Å². The molecule has 88 valence electrons. The summed E-state index contributed by atoms with van der Waals surface area (Å²) in [6, 6.07) is 0. The molecule has 1 aromatic rings. The first-order chi connectivity index (χ1) is 7.90. The zero-order valence-corrected chi connectivity index (χ0v) is 9.95. The van der Waals surface area contributed by atoms with Crippen molar-refractivity contribution < 1.29 is 0 Å². The predicted molar refractivity (Wildman–Crippen MR) is 65.5 cm³/mol. The van der Waals surface area contributed by atoms with Gasteiger partial charge in [-0.3, -0.25) is 0 Å². The van der Waals surface area contributed by atoms with Gasteiger partial charge in [0.15, 0.2) is 0 Å². The molecule has 0 radical (unpaired) electrons. The van der Waals surface area contributed by atoms with Crippen molar-refractivity contribution in [2.24, 2.45) is 0 Å². The molecule has 0 unspecified atom stereocenters. The van der Waals surface area contributed by atoms with Crippen LogP contribution in [0.15, 0.2) is 12.4 Å². The van der Waals surface area contributed by atoms with Crippen LogP contribution < -0.4 is 10.2 Å². The highest BCUT2D eigenvalue weighted by Gasteiger charge is 2.14. The first-order valence-corrected chi connectivity index (χ1v) is 6.16. The van der Waals surface area contributed by atoms with Gasteiger partial charge >= 0.3 is 0 Å². The summed E-state index contributed by atoms with van der Waals surface area (Å²) in [4.78, 5) is 11.1. The topological polar surface area (TPSA) is 41.1 Å². The molecule has 4 nitrogen and oxygen atoms in total. The minimum absolute atomic E-state index is 0.869. The summed E-state index contributed by atoms with van der Waals surface area (Å²) in [5, 5.41) is 3.35. The van der Waals surface area contributed by atoms with E-state index in [0.717, 1.165) is 44.1 Å². The normalized spacial score (nSPS) is 15.7. The fourth-order valence-electron chi connectivity index (χ4n) is 1.93. The summed E-state index contributed by atoms with van der Waals surface area (Å²) in [7, 11) is 0. The van der Waals surface area contributed by atoms with Crippen LogP contribution in [0.25, 0.3) is 0 Å². The second kappa shape index (κ2) is 5.80. The van der Waals surface area contributed by atoms with E-state index in [9.17, 15) is 0 Å². The summed E-state index contributed by atoms with van der Waals surface area (Å²) in [5.74, 6) is 0.886. The monoisotopic (exact) mass is 220 g/mol. The molecule has 1 saturated heterocycles. The van der Waals surface area contributed by atoms with Crippen LogP contribution in [0.5, 0.6) is 0 Å². The van der Waals surface area contributed by atoms with Gasteiger partial charge in [-0.15, -0.1) is 0 Å². The number of hydrogen-bond donors (Lipinski definition) is 1. The van der Waals surface area contributed by atoms with Crippen LogP contribution in [0.1, 0.15) is 31.7 Å². The molecule has 0 aliphatic carbocycles. The van der Waals surface area contributed by atoms with Gasteiger partial charge in [0.1, 0.15) is 0 Å². The van der Waals surface area contributed by atoms with E-state index in [-0.39, 0.29) is 0 Å². The molecule has 1 aliphatic heterocycles. The number of anilines is 1. The molecule has 0 bridgehead atoms. The fourth-order valence-corrected chi connectivity index (χ4v) is 1.93. The molecule has 1 N–H and O–H groups in total. The van der Waals surface area contributed by atoms with Crippen molar-refractivity contribution in [3.05, 3.63) is 18.0 Å². The quantitative estimate of drug-likeness (QED) is 0.765. The molecule has 0 spiro atoms. The summed E-state index contributed by atoms with van der Waals surface area (Å²) < 4.78 is 0. The molecule has 2 rings (SSSR count). The molecule has 1 aromatic heterocycles. The van der Waals surface area contributed by atoms with E-state index in [1.165, 1.54) is 12.8 Å². The molecule has 0 saturated carbocycles. The van der Waals surface area contributed by atoms with Crippen LogP contribution in [0.4, 0.5) is 5.95 Å². The van der Waals surface area contributed by atoms with Crippen molar-refractivity contribution in [3.8, 4) is 0 Å². The first-order valence-electron chi connectivity index (χ1n) is 6.16. The van der Waals surface area contributed by atoms with Crippen molar-refractivity contribution in [1.29, 1.82) is 0 Å². The zero-order chi connectivity index (χ0) is 11.2. The Labute approximate surface area is 97.1 Å². The predicted octanol–water partition coefficient (Wildman–Crippen LogP) is 1.58. The van der Waals surface area contributed by atoms with E-state index in [4.69, 9.17) is 0 Å². The fraction of sp³-hybridized carbons (Fsp3) is 0.667. The van der Waals surface area contributed by atoms with Crippen LogP contribution in [0.3, 0.4) is 0 Å². The second-order valence-electron chi connectivity index (χ2n) is 4.26. The standard InChI is InChI=1S/C12H20N4/c1-2-5-13-8-11-9-14-12(15-10-11)16-6-3-4-7-16/h9-10,13H,2-8H2,1H3. The number of rotatable bonds is 5. The number of nitrogens with zero attached hydrogens (tertiary/aromatic N) is 3. The largest absolute Gasteiger partial charge is 0.341 e.